The first kappa shape index (κ1) is 11.4. The van der Waals surface area contributed by atoms with E-state index in [0.717, 1.165) is 19.4 Å². The van der Waals surface area contributed by atoms with E-state index in [-0.39, 0.29) is 11.9 Å². The van der Waals surface area contributed by atoms with Crippen molar-refractivity contribution in [2.75, 3.05) is 6.54 Å². The zero-order valence-corrected chi connectivity index (χ0v) is 8.26. The van der Waals surface area contributed by atoms with Crippen LogP contribution < -0.4 is 11.1 Å². The largest absolute Gasteiger partial charge is 0.355 e. The minimum absolute atomic E-state index is 0.0226. The van der Waals surface area contributed by atoms with Gasteiger partial charge in [-0.1, -0.05) is 20.8 Å². The number of rotatable bonds is 5. The Morgan fingerprint density at radius 2 is 2.08 bits per heavy atom. The maximum atomic E-state index is 11.2. The van der Waals surface area contributed by atoms with E-state index < -0.39 is 0 Å². The summed E-state index contributed by atoms with van der Waals surface area (Å²) in [4.78, 5) is 11.2. The van der Waals surface area contributed by atoms with Crippen LogP contribution in [0.5, 0.6) is 0 Å². The summed E-state index contributed by atoms with van der Waals surface area (Å²) in [6, 6.07) is -0.337. The van der Waals surface area contributed by atoms with Crippen LogP contribution in [0.4, 0.5) is 0 Å². The van der Waals surface area contributed by atoms with Gasteiger partial charge >= 0.3 is 0 Å². The fourth-order valence-electron chi connectivity index (χ4n) is 0.994. The van der Waals surface area contributed by atoms with Crippen molar-refractivity contribution in [1.29, 1.82) is 0 Å². The lowest BCUT2D eigenvalue weighted by molar-refractivity contribution is -0.122. The molecule has 72 valence electrons. The molecular weight excluding hydrogens is 152 g/mol. The van der Waals surface area contributed by atoms with Gasteiger partial charge in [-0.15, -0.1) is 0 Å². The number of hydrogen-bond acceptors (Lipinski definition) is 2. The average Bonchev–Trinajstić information content (AvgIpc) is 1.98. The highest BCUT2D eigenvalue weighted by Gasteiger charge is 2.13. The number of nitrogens with two attached hydrogens (primary N) is 1. The van der Waals surface area contributed by atoms with E-state index >= 15 is 0 Å². The van der Waals surface area contributed by atoms with Crippen LogP contribution in [0.1, 0.15) is 33.6 Å². The number of hydrogen-bond donors (Lipinski definition) is 2. The van der Waals surface area contributed by atoms with Crippen molar-refractivity contribution in [2.45, 2.75) is 39.7 Å². The molecule has 0 aliphatic carbocycles. The maximum Gasteiger partial charge on any atom is 0.236 e. The van der Waals surface area contributed by atoms with Crippen molar-refractivity contribution >= 4 is 5.91 Å². The summed E-state index contributed by atoms with van der Waals surface area (Å²) in [5.41, 5.74) is 5.65. The molecule has 0 spiro atoms. The first-order valence-corrected chi connectivity index (χ1v) is 4.61. The maximum absolute atomic E-state index is 11.2. The van der Waals surface area contributed by atoms with Gasteiger partial charge in [0, 0.05) is 6.54 Å². The summed E-state index contributed by atoms with van der Waals surface area (Å²) in [6.45, 7) is 6.87. The molecule has 0 aliphatic rings. The van der Waals surface area contributed by atoms with Crippen LogP contribution in [0.15, 0.2) is 0 Å². The van der Waals surface area contributed by atoms with Gasteiger partial charge in [0.2, 0.25) is 5.91 Å². The van der Waals surface area contributed by atoms with Gasteiger partial charge in [0.1, 0.15) is 0 Å². The first-order chi connectivity index (χ1) is 5.57. The molecule has 1 amide bonds. The summed E-state index contributed by atoms with van der Waals surface area (Å²) < 4.78 is 0. The second kappa shape index (κ2) is 6.00. The minimum atomic E-state index is -0.337. The molecule has 0 saturated carbocycles. The topological polar surface area (TPSA) is 55.1 Å². The summed E-state index contributed by atoms with van der Waals surface area (Å²) in [6.07, 6.45) is 1.72. The second-order valence-electron chi connectivity index (χ2n) is 3.53. The fraction of sp³-hybridized carbons (Fsp3) is 0.889. The SMILES string of the molecule is CCCNC(=O)C(N)CC(C)C. The quantitative estimate of drug-likeness (QED) is 0.647. The Hall–Kier alpha value is -0.570. The third kappa shape index (κ3) is 5.13. The standard InChI is InChI=1S/C9H20N2O/c1-4-5-11-9(12)8(10)6-7(2)3/h7-8H,4-6,10H2,1-3H3,(H,11,12). The zero-order chi connectivity index (χ0) is 9.56. The summed E-state index contributed by atoms with van der Waals surface area (Å²) in [5, 5.41) is 2.77. The molecule has 0 aromatic carbocycles. The van der Waals surface area contributed by atoms with Gasteiger partial charge in [-0.2, -0.15) is 0 Å². The van der Waals surface area contributed by atoms with Gasteiger partial charge in [0.25, 0.3) is 0 Å². The van der Waals surface area contributed by atoms with Gasteiger partial charge in [0.05, 0.1) is 6.04 Å². The molecule has 1 unspecified atom stereocenters. The lowest BCUT2D eigenvalue weighted by Gasteiger charge is -2.13. The number of nitrogens with one attached hydrogen (secondary N) is 1. The van der Waals surface area contributed by atoms with Crippen LogP contribution in [0.3, 0.4) is 0 Å². The molecule has 0 fully saturated rings. The molecule has 0 aliphatic heterocycles. The van der Waals surface area contributed by atoms with E-state index in [1.54, 1.807) is 0 Å². The molecule has 0 heterocycles. The second-order valence-corrected chi connectivity index (χ2v) is 3.53. The highest BCUT2D eigenvalue weighted by Crippen LogP contribution is 2.02. The Balaban J connectivity index is 3.61. The molecule has 0 aromatic heterocycles. The summed E-state index contributed by atoms with van der Waals surface area (Å²) >= 11 is 0. The zero-order valence-electron chi connectivity index (χ0n) is 8.26. The van der Waals surface area contributed by atoms with Crippen LogP contribution in [-0.2, 0) is 4.79 Å². The monoisotopic (exact) mass is 172 g/mol. The van der Waals surface area contributed by atoms with Crippen molar-refractivity contribution in [3.05, 3.63) is 0 Å². The number of carbonyl (C=O) groups excluding carboxylic acids is 1. The lowest BCUT2D eigenvalue weighted by atomic mass is 10.0. The summed E-state index contributed by atoms with van der Waals surface area (Å²) in [7, 11) is 0. The Morgan fingerprint density at radius 1 is 1.50 bits per heavy atom. The third-order valence-corrected chi connectivity index (χ3v) is 1.61. The Bertz CT molecular complexity index is 134. The van der Waals surface area contributed by atoms with E-state index in [0.29, 0.717) is 5.92 Å². The fourth-order valence-corrected chi connectivity index (χ4v) is 0.994. The van der Waals surface area contributed by atoms with Gasteiger partial charge in [-0.3, -0.25) is 4.79 Å². The van der Waals surface area contributed by atoms with Gasteiger partial charge < -0.3 is 11.1 Å². The number of carbonyl (C=O) groups is 1. The van der Waals surface area contributed by atoms with Crippen LogP contribution in [0.25, 0.3) is 0 Å². The highest BCUT2D eigenvalue weighted by molar-refractivity contribution is 5.81. The van der Waals surface area contributed by atoms with Crippen molar-refractivity contribution < 1.29 is 4.79 Å². The predicted molar refractivity (Wildman–Crippen MR) is 50.7 cm³/mol. The van der Waals surface area contributed by atoms with Crippen molar-refractivity contribution in [2.24, 2.45) is 11.7 Å². The predicted octanol–water partition coefficient (Wildman–Crippen LogP) is 0.886. The molecular formula is C9H20N2O. The minimum Gasteiger partial charge on any atom is -0.355 e. The molecule has 12 heavy (non-hydrogen) atoms. The molecule has 3 heteroatoms. The highest BCUT2D eigenvalue weighted by atomic mass is 16.2. The molecule has 0 rings (SSSR count). The summed E-state index contributed by atoms with van der Waals surface area (Å²) in [5.74, 6) is 0.456. The van der Waals surface area contributed by atoms with Crippen molar-refractivity contribution in [1.82, 2.24) is 5.32 Å². The van der Waals surface area contributed by atoms with E-state index in [9.17, 15) is 4.79 Å². The van der Waals surface area contributed by atoms with Crippen LogP contribution in [-0.4, -0.2) is 18.5 Å². The Morgan fingerprint density at radius 3 is 2.50 bits per heavy atom. The molecule has 0 aromatic rings. The molecule has 0 saturated heterocycles. The molecule has 0 bridgehead atoms. The normalized spacial score (nSPS) is 13.1. The van der Waals surface area contributed by atoms with Crippen LogP contribution in [0, 0.1) is 5.92 Å². The van der Waals surface area contributed by atoms with Gasteiger partial charge in [-0.05, 0) is 18.8 Å². The molecule has 1 atom stereocenters. The van der Waals surface area contributed by atoms with E-state index in [2.05, 4.69) is 19.2 Å². The Labute approximate surface area is 74.7 Å². The molecule has 0 radical (unpaired) electrons. The van der Waals surface area contributed by atoms with Crippen molar-refractivity contribution in [3.63, 3.8) is 0 Å². The van der Waals surface area contributed by atoms with Crippen molar-refractivity contribution in [3.8, 4) is 0 Å². The molecule has 3 N–H and O–H groups in total. The smallest absolute Gasteiger partial charge is 0.236 e. The lowest BCUT2D eigenvalue weighted by Crippen LogP contribution is -2.41. The van der Waals surface area contributed by atoms with E-state index in [4.69, 9.17) is 5.73 Å². The number of amides is 1. The first-order valence-electron chi connectivity index (χ1n) is 4.61. The van der Waals surface area contributed by atoms with Crippen LogP contribution >= 0.6 is 0 Å². The van der Waals surface area contributed by atoms with Gasteiger partial charge in [-0.25, -0.2) is 0 Å². The molecule has 3 nitrogen and oxygen atoms in total. The van der Waals surface area contributed by atoms with E-state index in [1.807, 2.05) is 6.92 Å². The van der Waals surface area contributed by atoms with E-state index in [1.165, 1.54) is 0 Å². The average molecular weight is 172 g/mol. The van der Waals surface area contributed by atoms with Crippen LogP contribution in [0.2, 0.25) is 0 Å². The van der Waals surface area contributed by atoms with Gasteiger partial charge in [0.15, 0.2) is 0 Å². The third-order valence-electron chi connectivity index (χ3n) is 1.61. The Kier molecular flexibility index (Phi) is 5.72.